The zero-order chi connectivity index (χ0) is 86.5. The molecule has 10 aromatic heterocycles. The summed E-state index contributed by atoms with van der Waals surface area (Å²) in [6, 6.07) is 80.8. The van der Waals surface area contributed by atoms with Crippen LogP contribution in [0.15, 0.2) is 261 Å². The predicted octanol–water partition coefficient (Wildman–Crippen LogP) is 21.6. The van der Waals surface area contributed by atoms with Gasteiger partial charge in [0.15, 0.2) is 58.2 Å². The normalized spacial score (nSPS) is 10.9. The van der Waals surface area contributed by atoms with E-state index < -0.39 is 11.6 Å². The summed E-state index contributed by atoms with van der Waals surface area (Å²) >= 11 is 6.31. The maximum absolute atomic E-state index is 14.1. The van der Waals surface area contributed by atoms with Gasteiger partial charge in [-0.2, -0.15) is 25.5 Å². The van der Waals surface area contributed by atoms with Crippen molar-refractivity contribution < 1.29 is 23.0 Å². The highest BCUT2D eigenvalue weighted by Crippen LogP contribution is 2.38. The lowest BCUT2D eigenvalue weighted by Crippen LogP contribution is -2.01. The molecule has 31 heteroatoms. The second-order valence-electron chi connectivity index (χ2n) is 28.6. The molecule has 0 radical (unpaired) electrons. The van der Waals surface area contributed by atoms with E-state index in [1.54, 1.807) is 21.3 Å². The van der Waals surface area contributed by atoms with E-state index in [0.717, 1.165) is 129 Å². The van der Waals surface area contributed by atoms with Gasteiger partial charge >= 0.3 is 0 Å². The first kappa shape index (κ1) is 82.2. The van der Waals surface area contributed by atoms with Crippen molar-refractivity contribution in [2.75, 3.05) is 47.9 Å². The molecule has 10 heterocycles. The second-order valence-corrected chi connectivity index (χ2v) is 29.0. The Morgan fingerprint density at radius 3 is 0.904 bits per heavy atom. The van der Waals surface area contributed by atoms with E-state index in [4.69, 9.17) is 55.7 Å². The summed E-state index contributed by atoms with van der Waals surface area (Å²) in [5.74, 6) is 10.1. The van der Waals surface area contributed by atoms with Crippen LogP contribution in [-0.4, -0.2) is 122 Å². The Balaban J connectivity index is 0.000000115. The molecule has 10 N–H and O–H groups in total. The van der Waals surface area contributed by atoms with E-state index in [1.807, 2.05) is 271 Å². The summed E-state index contributed by atoms with van der Waals surface area (Å²) < 4.78 is 43.6. The van der Waals surface area contributed by atoms with Gasteiger partial charge in [-0.1, -0.05) is 121 Å². The molecule has 0 atom stereocenters. The van der Waals surface area contributed by atoms with E-state index in [1.165, 1.54) is 12.1 Å². The van der Waals surface area contributed by atoms with Crippen LogP contribution in [0.1, 0.15) is 34.0 Å². The zero-order valence-electron chi connectivity index (χ0n) is 68.9. The van der Waals surface area contributed by atoms with Gasteiger partial charge in [0, 0.05) is 109 Å². The summed E-state index contributed by atoms with van der Waals surface area (Å²) in [4.78, 5) is 46.5. The minimum absolute atomic E-state index is 0.133. The van der Waals surface area contributed by atoms with Crippen molar-refractivity contribution in [3.8, 4) is 74.2 Å². The number of ether oxygens (including phenoxy) is 3. The Labute approximate surface area is 719 Å². The van der Waals surface area contributed by atoms with Gasteiger partial charge in [-0.25, -0.2) is 58.6 Å². The van der Waals surface area contributed by atoms with Crippen LogP contribution in [0.4, 0.5) is 67.0 Å². The number of aromatic nitrogens is 20. The van der Waals surface area contributed by atoms with Gasteiger partial charge in [0.2, 0.25) is 0 Å². The van der Waals surface area contributed by atoms with Crippen molar-refractivity contribution in [3.05, 3.63) is 312 Å². The number of aryl methyl sites for hydroxylation is 6. The molecule has 0 spiro atoms. The van der Waals surface area contributed by atoms with E-state index in [2.05, 4.69) is 110 Å². The predicted molar refractivity (Wildman–Crippen MR) is 487 cm³/mol. The minimum Gasteiger partial charge on any atom is -0.497 e. The molecular formula is C94H80ClF2N25O3. The Morgan fingerprint density at radius 2 is 0.568 bits per heavy atom. The number of hydrogen-bond donors (Lipinski definition) is 10. The largest absolute Gasteiger partial charge is 0.497 e. The molecule has 0 bridgehead atoms. The third kappa shape index (κ3) is 19.4. The summed E-state index contributed by atoms with van der Waals surface area (Å²) in [6.45, 7) is 11.8. The van der Waals surface area contributed by atoms with E-state index in [-0.39, 0.29) is 11.4 Å². The quantitative estimate of drug-likeness (QED) is 0.0381. The highest BCUT2D eigenvalue weighted by molar-refractivity contribution is 6.33. The molecule has 0 fully saturated rings. The summed E-state index contributed by atoms with van der Waals surface area (Å²) in [7, 11) is 4.88. The number of nitrogens with one attached hydrogen (secondary N) is 10. The standard InChI is InChI=1S/C20H19N5O2.C19H17N5O.C19H17N5.C18H14ClN5.C18H13F2N5/c1-12-10-18(25-24-12)22-19-14-6-4-5-7-16(14)21-20(23-19)15-9-8-13(26-2)11-17(15)27-3;1-12-11-17(24-23-12)21-18-13-7-3-5-9-15(13)20-19(22-18)14-8-4-6-10-16(14)25-2;1-12-7-3-4-8-14(12)18-20-16-10-6-5-9-15(16)19(22-18)21-17-11-13(2)23-24-17;1-11-10-16(24-23-11)21-18-13-7-3-5-9-15(13)20-17(22-18)12-6-2-4-8-14(12)19;1-10-8-16(25-24-10)22-18-13-4-2-3-5-15(13)21-17(23-18)12-7-6-11(19)9-14(12)20/h4-11H,1-3H3,(H2,21,22,23,24,25);3-11H,1-2H3,(H2,20,21,22,23,24);3-11H,1-2H3,(H2,20,21,22,23,24);2-10H,1H3,(H2,20,21,22,23,24);2-9H,1H3,(H2,21,22,23,24,25). The third-order valence-electron chi connectivity index (χ3n) is 19.4. The summed E-state index contributed by atoms with van der Waals surface area (Å²) in [5.41, 5.74) is 13.6. The fraction of sp³-hybridized carbons (Fsp3) is 0.0957. The Morgan fingerprint density at radius 1 is 0.272 bits per heavy atom. The number of rotatable bonds is 18. The monoisotopic (exact) mass is 1680 g/mol. The summed E-state index contributed by atoms with van der Waals surface area (Å²) in [5, 5.41) is 57.0. The fourth-order valence-corrected chi connectivity index (χ4v) is 13.6. The number of H-pyrrole nitrogens is 5. The van der Waals surface area contributed by atoms with Crippen molar-refractivity contribution in [1.82, 2.24) is 101 Å². The highest BCUT2D eigenvalue weighted by atomic mass is 35.5. The highest BCUT2D eigenvalue weighted by Gasteiger charge is 2.21. The Kier molecular flexibility index (Phi) is 24.6. The first-order valence-corrected chi connectivity index (χ1v) is 39.7. The number of benzene rings is 10. The number of anilines is 10. The molecule has 0 unspecified atom stereocenters. The number of aromatic amines is 5. The summed E-state index contributed by atoms with van der Waals surface area (Å²) in [6.07, 6.45) is 0. The van der Waals surface area contributed by atoms with E-state index in [9.17, 15) is 8.78 Å². The van der Waals surface area contributed by atoms with Crippen LogP contribution in [0.3, 0.4) is 0 Å². The lowest BCUT2D eigenvalue weighted by Gasteiger charge is -2.12. The van der Waals surface area contributed by atoms with Gasteiger partial charge in [0.1, 0.15) is 58.0 Å². The third-order valence-corrected chi connectivity index (χ3v) is 19.8. The fourth-order valence-electron chi connectivity index (χ4n) is 13.4. The van der Waals surface area contributed by atoms with Crippen molar-refractivity contribution >= 4 is 124 Å². The molecular weight excluding hydrogens is 1600 g/mol. The van der Waals surface area contributed by atoms with Crippen molar-refractivity contribution in [2.45, 2.75) is 41.5 Å². The molecule has 620 valence electrons. The molecule has 0 aliphatic rings. The van der Waals surface area contributed by atoms with Gasteiger partial charge < -0.3 is 40.8 Å². The second kappa shape index (κ2) is 37.4. The van der Waals surface area contributed by atoms with Crippen molar-refractivity contribution in [2.24, 2.45) is 0 Å². The number of hydrogen-bond acceptors (Lipinski definition) is 23. The first-order chi connectivity index (χ1) is 60.9. The SMILES string of the molecule is COc1ccc(-c2nc(Nc3cc(C)[nH]n3)c3ccccc3n2)c(OC)c1.COc1ccccc1-c1nc(Nc2cc(C)[nH]n2)c2ccccc2n1.Cc1cc(Nc2nc(-c3ccc(F)cc3F)nc3ccccc23)n[nH]1.Cc1cc(Nc2nc(-c3ccccc3C)nc3ccccc23)n[nH]1.Cc1cc(Nc2nc(-c3ccccc3Cl)nc3ccccc23)n[nH]1. The molecule has 125 heavy (non-hydrogen) atoms. The minimum atomic E-state index is -0.711. The van der Waals surface area contributed by atoms with E-state index >= 15 is 0 Å². The number of fused-ring (bicyclic) bond motifs is 5. The molecule has 0 aliphatic heterocycles. The number of halogens is 3. The van der Waals surface area contributed by atoms with E-state index in [0.29, 0.717) is 91.9 Å². The number of methoxy groups -OCH3 is 3. The van der Waals surface area contributed by atoms with Crippen LogP contribution in [0.5, 0.6) is 17.2 Å². The molecule has 20 aromatic rings. The van der Waals surface area contributed by atoms with Crippen LogP contribution in [0.2, 0.25) is 5.02 Å². The molecule has 0 aliphatic carbocycles. The average molecular weight is 1680 g/mol. The van der Waals surface area contributed by atoms with Crippen LogP contribution in [-0.2, 0) is 0 Å². The first-order valence-electron chi connectivity index (χ1n) is 39.3. The average Bonchev–Trinajstić information content (AvgIpc) is 1.74. The van der Waals surface area contributed by atoms with Gasteiger partial charge in [-0.05, 0) is 156 Å². The molecule has 0 saturated heterocycles. The van der Waals surface area contributed by atoms with Crippen molar-refractivity contribution in [3.63, 3.8) is 0 Å². The molecule has 28 nitrogen and oxygen atoms in total. The maximum Gasteiger partial charge on any atom is 0.165 e. The Bertz CT molecular complexity index is 7090. The maximum atomic E-state index is 14.1. The molecule has 20 rings (SSSR count). The van der Waals surface area contributed by atoms with Crippen LogP contribution >= 0.6 is 11.6 Å². The topological polar surface area (TPSA) is 360 Å². The van der Waals surface area contributed by atoms with Gasteiger partial charge in [-0.3, -0.25) is 25.5 Å². The lowest BCUT2D eigenvalue weighted by molar-refractivity contribution is 0.395. The van der Waals surface area contributed by atoms with Gasteiger partial charge in [0.25, 0.3) is 0 Å². The Hall–Kier alpha value is -16.5. The number of para-hydroxylation sites is 6. The van der Waals surface area contributed by atoms with Gasteiger partial charge in [-0.15, -0.1) is 0 Å². The lowest BCUT2D eigenvalue weighted by atomic mass is 10.1. The van der Waals surface area contributed by atoms with Crippen LogP contribution < -0.4 is 40.8 Å². The molecule has 10 aromatic carbocycles. The smallest absolute Gasteiger partial charge is 0.165 e. The molecule has 0 amide bonds. The van der Waals surface area contributed by atoms with Crippen LogP contribution in [0, 0.1) is 53.2 Å². The zero-order valence-corrected chi connectivity index (χ0v) is 69.6. The van der Waals surface area contributed by atoms with Crippen molar-refractivity contribution in [1.29, 1.82) is 0 Å². The van der Waals surface area contributed by atoms with Crippen LogP contribution in [0.25, 0.3) is 111 Å². The molecule has 0 saturated carbocycles. The number of nitrogens with zero attached hydrogens (tertiary/aromatic N) is 15. The van der Waals surface area contributed by atoms with Gasteiger partial charge in [0.05, 0.1) is 70.6 Å².